The van der Waals surface area contributed by atoms with Crippen LogP contribution in [0.1, 0.15) is 27.7 Å². The summed E-state index contributed by atoms with van der Waals surface area (Å²) >= 11 is 0. The lowest BCUT2D eigenvalue weighted by Crippen LogP contribution is -2.30. The highest BCUT2D eigenvalue weighted by Crippen LogP contribution is 1.78. The summed E-state index contributed by atoms with van der Waals surface area (Å²) in [4.78, 5) is 10.9. The molecule has 0 aromatic carbocycles. The Hall–Kier alpha value is -0.690. The first kappa shape index (κ1) is 24.3. The molecule has 0 unspecified atom stereocenters. The zero-order valence-corrected chi connectivity index (χ0v) is 14.1. The molecule has 6 heteroatoms. The number of hydrogen-bond donors (Lipinski definition) is 2. The number of amides is 1. The summed E-state index contributed by atoms with van der Waals surface area (Å²) in [6, 6.07) is 0. The lowest BCUT2D eigenvalue weighted by Gasteiger charge is -2.06. The second kappa shape index (κ2) is 26.8. The van der Waals surface area contributed by atoms with Crippen molar-refractivity contribution in [2.24, 2.45) is 0 Å². The zero-order valence-electron chi connectivity index (χ0n) is 14.1. The molecule has 0 aliphatic carbocycles. The van der Waals surface area contributed by atoms with Crippen molar-refractivity contribution < 1.29 is 19.0 Å². The maximum absolute atomic E-state index is 10.9. The van der Waals surface area contributed by atoms with E-state index in [1.807, 2.05) is 34.7 Å². The monoisotopic (exact) mass is 294 g/mol. The Morgan fingerprint density at radius 1 is 0.900 bits per heavy atom. The Labute approximate surface area is 124 Å². The first-order valence-corrected chi connectivity index (χ1v) is 7.37. The van der Waals surface area contributed by atoms with Crippen LogP contribution >= 0.6 is 0 Å². The van der Waals surface area contributed by atoms with Crippen LogP contribution in [0, 0.1) is 0 Å². The van der Waals surface area contributed by atoms with Gasteiger partial charge in [-0.05, 0) is 7.05 Å². The number of carbonyl (C=O) groups is 1. The van der Waals surface area contributed by atoms with Crippen LogP contribution in [-0.2, 0) is 19.0 Å². The van der Waals surface area contributed by atoms with Crippen LogP contribution < -0.4 is 10.6 Å². The minimum Gasteiger partial charge on any atom is -0.378 e. The third kappa shape index (κ3) is 26.0. The number of hydrogen-bond acceptors (Lipinski definition) is 5. The number of nitrogens with one attached hydrogen (secondary N) is 2. The van der Waals surface area contributed by atoms with E-state index in [0.717, 1.165) is 6.54 Å². The van der Waals surface area contributed by atoms with Crippen LogP contribution in [0.5, 0.6) is 0 Å². The summed E-state index contributed by atoms with van der Waals surface area (Å²) in [5.41, 5.74) is 0. The van der Waals surface area contributed by atoms with Gasteiger partial charge in [-0.25, -0.2) is 0 Å². The Bertz CT molecular complexity index is 169. The van der Waals surface area contributed by atoms with E-state index in [0.29, 0.717) is 33.0 Å². The number of rotatable bonds is 11. The summed E-state index contributed by atoms with van der Waals surface area (Å²) in [6.07, 6.45) is 0. The molecule has 0 aliphatic rings. The molecule has 0 saturated heterocycles. The molecule has 0 aromatic heterocycles. The average molecular weight is 294 g/mol. The fraction of sp³-hybridized carbons (Fsp3) is 0.929. The predicted molar refractivity (Wildman–Crippen MR) is 83.1 cm³/mol. The minimum absolute atomic E-state index is 0.0904. The molecule has 0 bridgehead atoms. The van der Waals surface area contributed by atoms with Gasteiger partial charge in [-0.2, -0.15) is 0 Å². The molecule has 0 heterocycles. The molecule has 0 spiro atoms. The van der Waals surface area contributed by atoms with Crippen LogP contribution in [0.3, 0.4) is 0 Å². The first-order valence-electron chi connectivity index (χ1n) is 7.37. The molecule has 0 aliphatic heterocycles. The lowest BCUT2D eigenvalue weighted by molar-refractivity contribution is -0.124. The molecule has 0 rings (SSSR count). The molecular formula is C14H34N2O4. The van der Waals surface area contributed by atoms with Crippen molar-refractivity contribution in [2.45, 2.75) is 27.7 Å². The van der Waals surface area contributed by atoms with Crippen molar-refractivity contribution in [1.82, 2.24) is 10.6 Å². The highest BCUT2D eigenvalue weighted by atomic mass is 16.5. The van der Waals surface area contributed by atoms with Crippen molar-refractivity contribution >= 4 is 5.91 Å². The molecule has 124 valence electrons. The van der Waals surface area contributed by atoms with Crippen molar-refractivity contribution in [2.75, 3.05) is 60.3 Å². The maximum atomic E-state index is 10.9. The van der Waals surface area contributed by atoms with E-state index in [4.69, 9.17) is 9.47 Å². The maximum Gasteiger partial charge on any atom is 0.246 e. The summed E-state index contributed by atoms with van der Waals surface area (Å²) < 4.78 is 15.1. The van der Waals surface area contributed by atoms with E-state index in [2.05, 4.69) is 15.4 Å². The van der Waals surface area contributed by atoms with Gasteiger partial charge in [0.05, 0.1) is 26.4 Å². The SMILES string of the molecule is CC.CC.CNCCOCCOCCNC(=O)COC. The molecule has 0 atom stereocenters. The van der Waals surface area contributed by atoms with Crippen LogP contribution in [0.15, 0.2) is 0 Å². The van der Waals surface area contributed by atoms with E-state index in [-0.39, 0.29) is 12.5 Å². The summed E-state index contributed by atoms with van der Waals surface area (Å²) in [7, 11) is 3.36. The second-order valence-electron chi connectivity index (χ2n) is 3.11. The molecule has 6 nitrogen and oxygen atoms in total. The van der Waals surface area contributed by atoms with Gasteiger partial charge >= 0.3 is 0 Å². The van der Waals surface area contributed by atoms with E-state index in [1.54, 1.807) is 0 Å². The van der Waals surface area contributed by atoms with Gasteiger partial charge in [-0.1, -0.05) is 27.7 Å². The van der Waals surface area contributed by atoms with Gasteiger partial charge in [-0.15, -0.1) is 0 Å². The number of ether oxygens (including phenoxy) is 3. The second-order valence-corrected chi connectivity index (χ2v) is 3.11. The molecule has 20 heavy (non-hydrogen) atoms. The van der Waals surface area contributed by atoms with Gasteiger partial charge < -0.3 is 24.8 Å². The molecule has 1 amide bonds. The van der Waals surface area contributed by atoms with Crippen molar-refractivity contribution in [3.8, 4) is 0 Å². The van der Waals surface area contributed by atoms with Crippen molar-refractivity contribution in [1.29, 1.82) is 0 Å². The Morgan fingerprint density at radius 3 is 1.85 bits per heavy atom. The van der Waals surface area contributed by atoms with E-state index in [9.17, 15) is 4.79 Å². The van der Waals surface area contributed by atoms with Gasteiger partial charge in [-0.3, -0.25) is 4.79 Å². The van der Waals surface area contributed by atoms with Gasteiger partial charge in [0.2, 0.25) is 5.91 Å². The number of likely N-dealkylation sites (N-methyl/N-ethyl adjacent to an activating group) is 1. The Kier molecular flexibility index (Phi) is 32.6. The number of carbonyl (C=O) groups excluding carboxylic acids is 1. The largest absolute Gasteiger partial charge is 0.378 e. The molecule has 0 aromatic rings. The standard InChI is InChI=1S/C10H22N2O4.2C2H6/c1-11-3-5-15-7-8-16-6-4-12-10(13)9-14-2;2*1-2/h11H,3-9H2,1-2H3,(H,12,13);2*1-2H3. The predicted octanol–water partition coefficient (Wildman–Crippen LogP) is 1.05. The average Bonchev–Trinajstić information content (AvgIpc) is 2.50. The summed E-state index contributed by atoms with van der Waals surface area (Å²) in [6.45, 7) is 11.7. The summed E-state index contributed by atoms with van der Waals surface area (Å²) in [5.74, 6) is -0.128. The van der Waals surface area contributed by atoms with Gasteiger partial charge in [0.15, 0.2) is 0 Å². The van der Waals surface area contributed by atoms with Crippen molar-refractivity contribution in [3.05, 3.63) is 0 Å². The lowest BCUT2D eigenvalue weighted by atomic mass is 10.6. The minimum atomic E-state index is -0.128. The Morgan fingerprint density at radius 2 is 1.40 bits per heavy atom. The van der Waals surface area contributed by atoms with E-state index >= 15 is 0 Å². The number of methoxy groups -OCH3 is 1. The fourth-order valence-electron chi connectivity index (χ4n) is 0.941. The molecular weight excluding hydrogens is 260 g/mol. The van der Waals surface area contributed by atoms with Crippen LogP contribution in [-0.4, -0.2) is 66.2 Å². The smallest absolute Gasteiger partial charge is 0.246 e. The quantitative estimate of drug-likeness (QED) is 0.558. The normalized spacial score (nSPS) is 8.90. The molecule has 0 radical (unpaired) electrons. The molecule has 2 N–H and O–H groups in total. The third-order valence-electron chi connectivity index (χ3n) is 1.71. The van der Waals surface area contributed by atoms with Crippen LogP contribution in [0.4, 0.5) is 0 Å². The van der Waals surface area contributed by atoms with Crippen LogP contribution in [0.2, 0.25) is 0 Å². The van der Waals surface area contributed by atoms with Crippen LogP contribution in [0.25, 0.3) is 0 Å². The summed E-state index contributed by atoms with van der Waals surface area (Å²) in [5, 5.41) is 5.63. The van der Waals surface area contributed by atoms with Gasteiger partial charge in [0.25, 0.3) is 0 Å². The van der Waals surface area contributed by atoms with E-state index in [1.165, 1.54) is 7.11 Å². The van der Waals surface area contributed by atoms with E-state index < -0.39 is 0 Å². The third-order valence-corrected chi connectivity index (χ3v) is 1.71. The van der Waals surface area contributed by atoms with Gasteiger partial charge in [0.1, 0.15) is 6.61 Å². The highest BCUT2D eigenvalue weighted by molar-refractivity contribution is 5.77. The van der Waals surface area contributed by atoms with Crippen molar-refractivity contribution in [3.63, 3.8) is 0 Å². The highest BCUT2D eigenvalue weighted by Gasteiger charge is 1.97. The Balaban J connectivity index is -0.000000656. The zero-order chi connectivity index (χ0) is 16.1. The van der Waals surface area contributed by atoms with Gasteiger partial charge in [0, 0.05) is 20.2 Å². The first-order chi connectivity index (χ1) is 9.81. The fourth-order valence-corrected chi connectivity index (χ4v) is 0.941. The molecule has 0 fully saturated rings. The topological polar surface area (TPSA) is 68.8 Å². The molecule has 0 saturated carbocycles.